The second-order valence-electron chi connectivity index (χ2n) is 7.89. The maximum Gasteiger partial charge on any atom is 0.259 e. The Hall–Kier alpha value is -3.47. The first-order valence-electron chi connectivity index (χ1n) is 10.4. The van der Waals surface area contributed by atoms with Gasteiger partial charge in [-0.05, 0) is 55.3 Å². The Labute approximate surface area is 187 Å². The maximum absolute atomic E-state index is 14.7. The van der Waals surface area contributed by atoms with Gasteiger partial charge in [-0.1, -0.05) is 17.4 Å². The van der Waals surface area contributed by atoms with Crippen molar-refractivity contribution in [2.75, 3.05) is 23.3 Å². The molecule has 4 heterocycles. The molecule has 164 valence electrons. The van der Waals surface area contributed by atoms with E-state index >= 15 is 0 Å². The van der Waals surface area contributed by atoms with Crippen LogP contribution in [0.25, 0.3) is 21.7 Å². The molecule has 0 spiro atoms. The van der Waals surface area contributed by atoms with Crippen LogP contribution in [-0.2, 0) is 0 Å². The van der Waals surface area contributed by atoms with Gasteiger partial charge in [0, 0.05) is 19.2 Å². The summed E-state index contributed by atoms with van der Waals surface area (Å²) in [7, 11) is 0. The molecule has 0 unspecified atom stereocenters. The van der Waals surface area contributed by atoms with Crippen LogP contribution in [0.1, 0.15) is 43.1 Å². The van der Waals surface area contributed by atoms with Crippen LogP contribution in [-0.4, -0.2) is 49.2 Å². The van der Waals surface area contributed by atoms with Gasteiger partial charge in [0.15, 0.2) is 5.13 Å². The summed E-state index contributed by atoms with van der Waals surface area (Å²) >= 11 is 1.47. The summed E-state index contributed by atoms with van der Waals surface area (Å²) < 4.78 is 17.2. The van der Waals surface area contributed by atoms with E-state index in [1.165, 1.54) is 17.4 Å². The van der Waals surface area contributed by atoms with E-state index in [4.69, 9.17) is 0 Å². The van der Waals surface area contributed by atoms with Gasteiger partial charge >= 0.3 is 0 Å². The van der Waals surface area contributed by atoms with Crippen LogP contribution in [0.2, 0.25) is 0 Å². The number of tetrazole rings is 1. The first kappa shape index (κ1) is 20.4. The van der Waals surface area contributed by atoms with Crippen LogP contribution in [0.4, 0.5) is 15.3 Å². The van der Waals surface area contributed by atoms with Crippen molar-refractivity contribution in [1.29, 1.82) is 0 Å². The Bertz CT molecular complexity index is 1290. The van der Waals surface area contributed by atoms with E-state index in [1.807, 2.05) is 13.8 Å². The molecule has 1 aliphatic heterocycles. The molecule has 0 saturated carbocycles. The number of amides is 1. The van der Waals surface area contributed by atoms with Gasteiger partial charge in [0.25, 0.3) is 5.91 Å². The lowest BCUT2D eigenvalue weighted by Crippen LogP contribution is -2.16. The van der Waals surface area contributed by atoms with Gasteiger partial charge in [0.1, 0.15) is 17.3 Å². The highest BCUT2D eigenvalue weighted by molar-refractivity contribution is 7.22. The summed E-state index contributed by atoms with van der Waals surface area (Å²) in [4.78, 5) is 24.0. The highest BCUT2D eigenvalue weighted by atomic mass is 32.1. The number of nitrogens with zero attached hydrogens (tertiary/aromatic N) is 7. The van der Waals surface area contributed by atoms with Crippen molar-refractivity contribution < 1.29 is 9.18 Å². The van der Waals surface area contributed by atoms with Crippen LogP contribution >= 0.6 is 11.3 Å². The average Bonchev–Trinajstić information content (AvgIpc) is 3.52. The number of aromatic nitrogens is 6. The number of nitrogens with one attached hydrogen (secondary N) is 1. The van der Waals surface area contributed by atoms with Crippen LogP contribution in [0, 0.1) is 5.82 Å². The minimum absolute atomic E-state index is 0.0470. The van der Waals surface area contributed by atoms with Gasteiger partial charge < -0.3 is 10.2 Å². The van der Waals surface area contributed by atoms with Gasteiger partial charge in [-0.2, -0.15) is 0 Å². The number of hydrogen-bond donors (Lipinski definition) is 1. The summed E-state index contributed by atoms with van der Waals surface area (Å²) in [6.07, 6.45) is 2.26. The van der Waals surface area contributed by atoms with E-state index < -0.39 is 11.7 Å². The zero-order valence-corrected chi connectivity index (χ0v) is 18.4. The first-order valence-corrected chi connectivity index (χ1v) is 11.2. The number of fused-ring (bicyclic) bond motifs is 1. The molecule has 3 aromatic heterocycles. The summed E-state index contributed by atoms with van der Waals surface area (Å²) in [6.45, 7) is 5.83. The Morgan fingerprint density at radius 2 is 2.00 bits per heavy atom. The molecular weight excluding hydrogens is 431 g/mol. The predicted octanol–water partition coefficient (Wildman–Crippen LogP) is 3.92. The third-order valence-electron chi connectivity index (χ3n) is 5.29. The lowest BCUT2D eigenvalue weighted by Gasteiger charge is -2.11. The second kappa shape index (κ2) is 8.23. The number of halogens is 1. The zero-order chi connectivity index (χ0) is 22.2. The van der Waals surface area contributed by atoms with E-state index in [2.05, 4.69) is 35.7 Å². The van der Waals surface area contributed by atoms with Crippen molar-refractivity contribution in [2.45, 2.75) is 32.7 Å². The van der Waals surface area contributed by atoms with Crippen LogP contribution < -0.4 is 10.2 Å². The number of rotatable bonds is 5. The Morgan fingerprint density at radius 1 is 1.19 bits per heavy atom. The molecule has 0 atom stereocenters. The third-order valence-corrected chi connectivity index (χ3v) is 6.37. The van der Waals surface area contributed by atoms with Gasteiger partial charge in [0.05, 0.1) is 21.8 Å². The monoisotopic (exact) mass is 452 g/mol. The average molecular weight is 453 g/mol. The topological polar surface area (TPSA) is 102 Å². The number of thiazole rings is 1. The zero-order valence-electron chi connectivity index (χ0n) is 17.6. The van der Waals surface area contributed by atoms with Crippen LogP contribution in [0.3, 0.4) is 0 Å². The van der Waals surface area contributed by atoms with Gasteiger partial charge in [-0.25, -0.2) is 19.0 Å². The lowest BCUT2D eigenvalue weighted by atomic mass is 10.2. The Morgan fingerprint density at radius 3 is 2.78 bits per heavy atom. The molecule has 4 aromatic rings. The molecule has 1 amide bonds. The minimum atomic E-state index is -0.617. The van der Waals surface area contributed by atoms with E-state index in [0.717, 1.165) is 35.8 Å². The molecular formula is C21H21FN8OS. The largest absolute Gasteiger partial charge is 0.348 e. The fourth-order valence-corrected chi connectivity index (χ4v) is 4.71. The lowest BCUT2D eigenvalue weighted by molar-refractivity contribution is 0.102. The van der Waals surface area contributed by atoms with E-state index in [1.54, 1.807) is 28.9 Å². The molecule has 1 N–H and O–H groups in total. The standard InChI is InChI=1S/C21H21FN8OS/c1-12(2)30-19(26-27-28-30)15-6-5-7-18(23-15)25-20(31)13-10-17-16(11-14(13)22)24-21(32-17)29-8-3-4-9-29/h5-7,10-12H,3-4,8-9H2,1-2H3,(H,23,25,31). The number of carbonyl (C=O) groups is 1. The molecule has 1 aromatic carbocycles. The molecule has 1 aliphatic rings. The SMILES string of the molecule is CC(C)n1nnnc1-c1cccc(NC(=O)c2cc3sc(N4CCCC4)nc3cc2F)n1. The highest BCUT2D eigenvalue weighted by Gasteiger charge is 2.20. The van der Waals surface area contributed by atoms with E-state index in [0.29, 0.717) is 17.0 Å². The molecule has 0 aliphatic carbocycles. The summed E-state index contributed by atoms with van der Waals surface area (Å²) in [5.41, 5.74) is 1.02. The molecule has 0 bridgehead atoms. The van der Waals surface area contributed by atoms with Crippen molar-refractivity contribution in [3.05, 3.63) is 41.7 Å². The molecule has 11 heteroatoms. The van der Waals surface area contributed by atoms with Gasteiger partial charge in [0.2, 0.25) is 5.82 Å². The van der Waals surface area contributed by atoms with Crippen molar-refractivity contribution >= 4 is 38.4 Å². The van der Waals surface area contributed by atoms with Crippen molar-refractivity contribution in [3.8, 4) is 11.5 Å². The van der Waals surface area contributed by atoms with Crippen molar-refractivity contribution in [3.63, 3.8) is 0 Å². The van der Waals surface area contributed by atoms with Crippen molar-refractivity contribution in [2.24, 2.45) is 0 Å². The second-order valence-corrected chi connectivity index (χ2v) is 8.90. The predicted molar refractivity (Wildman–Crippen MR) is 120 cm³/mol. The normalized spacial score (nSPS) is 13.9. The van der Waals surface area contributed by atoms with E-state index in [-0.39, 0.29) is 17.4 Å². The molecule has 1 saturated heterocycles. The number of benzene rings is 1. The molecule has 5 rings (SSSR count). The fraction of sp³-hybridized carbons (Fsp3) is 0.333. The first-order chi connectivity index (χ1) is 15.5. The number of hydrogen-bond acceptors (Lipinski definition) is 8. The molecule has 0 radical (unpaired) electrons. The van der Waals surface area contributed by atoms with Crippen LogP contribution in [0.5, 0.6) is 0 Å². The number of anilines is 2. The Balaban J connectivity index is 1.41. The van der Waals surface area contributed by atoms with Gasteiger partial charge in [-0.3, -0.25) is 4.79 Å². The summed E-state index contributed by atoms with van der Waals surface area (Å²) in [5.74, 6) is -0.419. The molecule has 9 nitrogen and oxygen atoms in total. The molecule has 32 heavy (non-hydrogen) atoms. The minimum Gasteiger partial charge on any atom is -0.348 e. The van der Waals surface area contributed by atoms with Gasteiger partial charge in [-0.15, -0.1) is 5.10 Å². The number of pyridine rings is 1. The third kappa shape index (κ3) is 3.79. The van der Waals surface area contributed by atoms with E-state index in [9.17, 15) is 9.18 Å². The highest BCUT2D eigenvalue weighted by Crippen LogP contribution is 2.32. The maximum atomic E-state index is 14.7. The number of carbonyl (C=O) groups excluding carboxylic acids is 1. The Kier molecular flexibility index (Phi) is 5.25. The summed E-state index contributed by atoms with van der Waals surface area (Å²) in [5, 5.41) is 15.3. The smallest absolute Gasteiger partial charge is 0.259 e. The summed E-state index contributed by atoms with van der Waals surface area (Å²) in [6, 6.07) is 8.05. The van der Waals surface area contributed by atoms with Crippen LogP contribution in [0.15, 0.2) is 30.3 Å². The quantitative estimate of drug-likeness (QED) is 0.490. The van der Waals surface area contributed by atoms with Crippen molar-refractivity contribution in [1.82, 2.24) is 30.2 Å². The fourth-order valence-electron chi connectivity index (χ4n) is 3.68. The molecule has 1 fully saturated rings.